The van der Waals surface area contributed by atoms with Crippen LogP contribution in [0.1, 0.15) is 47.1 Å². The van der Waals surface area contributed by atoms with Gasteiger partial charge in [-0.1, -0.05) is 41.5 Å². The van der Waals surface area contributed by atoms with Crippen molar-refractivity contribution in [1.82, 2.24) is 0 Å². The van der Waals surface area contributed by atoms with Gasteiger partial charge in [0, 0.05) is 11.1 Å². The molecule has 3 heteroatoms. The van der Waals surface area contributed by atoms with Crippen molar-refractivity contribution in [3.8, 4) is 0 Å². The minimum atomic E-state index is -0.462. The highest BCUT2D eigenvalue weighted by atomic mass is 19.1. The molecular formula is C15H22FNO. The molecule has 1 N–H and O–H groups in total. The number of carbonyl (C=O) groups excluding carboxylic acids is 1. The third-order valence-corrected chi connectivity index (χ3v) is 2.71. The number of carbonyl (C=O) groups is 1. The molecule has 1 rings (SSSR count). The maximum absolute atomic E-state index is 13.7. The van der Waals surface area contributed by atoms with E-state index in [2.05, 4.69) is 5.32 Å². The van der Waals surface area contributed by atoms with Crippen molar-refractivity contribution in [2.24, 2.45) is 5.41 Å². The van der Waals surface area contributed by atoms with Crippen LogP contribution in [0.15, 0.2) is 18.2 Å². The molecule has 18 heavy (non-hydrogen) atoms. The van der Waals surface area contributed by atoms with Gasteiger partial charge >= 0.3 is 0 Å². The molecule has 0 aliphatic rings. The van der Waals surface area contributed by atoms with Crippen LogP contribution in [-0.4, -0.2) is 5.91 Å². The van der Waals surface area contributed by atoms with E-state index in [0.29, 0.717) is 11.3 Å². The maximum Gasteiger partial charge on any atom is 0.229 e. The van der Waals surface area contributed by atoms with E-state index in [0.717, 1.165) is 0 Å². The third kappa shape index (κ3) is 3.56. The lowest BCUT2D eigenvalue weighted by Crippen LogP contribution is -2.27. The van der Waals surface area contributed by atoms with Crippen molar-refractivity contribution >= 4 is 11.6 Å². The van der Waals surface area contributed by atoms with Crippen LogP contribution in [0.2, 0.25) is 0 Å². The fourth-order valence-electron chi connectivity index (χ4n) is 1.50. The Balaban J connectivity index is 3.04. The molecule has 0 spiro atoms. The fourth-order valence-corrected chi connectivity index (χ4v) is 1.50. The lowest BCUT2D eigenvalue weighted by molar-refractivity contribution is -0.123. The Morgan fingerprint density at radius 3 is 2.11 bits per heavy atom. The smallest absolute Gasteiger partial charge is 0.229 e. The van der Waals surface area contributed by atoms with Crippen molar-refractivity contribution in [2.45, 2.75) is 47.0 Å². The molecule has 0 radical (unpaired) electrons. The predicted octanol–water partition coefficient (Wildman–Crippen LogP) is 4.11. The molecule has 1 amide bonds. The standard InChI is InChI=1S/C15H22FNO/c1-14(2,3)11-9-10(7-8-12(11)16)17-13(18)15(4,5)6/h7-9H,1-6H3,(H,17,18). The molecule has 0 unspecified atom stereocenters. The first kappa shape index (κ1) is 14.7. The maximum atomic E-state index is 13.7. The summed E-state index contributed by atoms with van der Waals surface area (Å²) >= 11 is 0. The van der Waals surface area contributed by atoms with E-state index in [1.54, 1.807) is 12.1 Å². The van der Waals surface area contributed by atoms with Crippen molar-refractivity contribution in [3.63, 3.8) is 0 Å². The first-order chi connectivity index (χ1) is 8.01. The Kier molecular flexibility index (Phi) is 3.84. The monoisotopic (exact) mass is 251 g/mol. The minimum absolute atomic E-state index is 0.0750. The van der Waals surface area contributed by atoms with E-state index in [4.69, 9.17) is 0 Å². The Bertz CT molecular complexity index is 453. The molecule has 0 saturated carbocycles. The van der Waals surface area contributed by atoms with Gasteiger partial charge in [-0.2, -0.15) is 0 Å². The number of halogens is 1. The lowest BCUT2D eigenvalue weighted by Gasteiger charge is -2.22. The molecule has 0 heterocycles. The van der Waals surface area contributed by atoms with Crippen molar-refractivity contribution < 1.29 is 9.18 Å². The SMILES string of the molecule is CC(C)(C)C(=O)Nc1ccc(F)c(C(C)(C)C)c1. The topological polar surface area (TPSA) is 29.1 Å². The molecule has 0 atom stereocenters. The Hall–Kier alpha value is -1.38. The first-order valence-corrected chi connectivity index (χ1v) is 6.13. The van der Waals surface area contributed by atoms with E-state index in [1.807, 2.05) is 41.5 Å². The highest BCUT2D eigenvalue weighted by Gasteiger charge is 2.23. The third-order valence-electron chi connectivity index (χ3n) is 2.71. The van der Waals surface area contributed by atoms with Crippen LogP contribution in [0.5, 0.6) is 0 Å². The molecule has 0 aliphatic heterocycles. The zero-order valence-electron chi connectivity index (χ0n) is 12.0. The second-order valence-corrected chi connectivity index (χ2v) is 6.65. The summed E-state index contributed by atoms with van der Waals surface area (Å²) in [7, 11) is 0. The molecular weight excluding hydrogens is 229 g/mol. The van der Waals surface area contributed by atoms with Gasteiger partial charge in [-0.15, -0.1) is 0 Å². The summed E-state index contributed by atoms with van der Waals surface area (Å²) in [6.07, 6.45) is 0. The fraction of sp³-hybridized carbons (Fsp3) is 0.533. The molecule has 2 nitrogen and oxygen atoms in total. The molecule has 0 aliphatic carbocycles. The first-order valence-electron chi connectivity index (χ1n) is 6.13. The summed E-state index contributed by atoms with van der Waals surface area (Å²) in [6, 6.07) is 4.70. The molecule has 0 aromatic heterocycles. The van der Waals surface area contributed by atoms with Crippen LogP contribution in [0, 0.1) is 11.2 Å². The quantitative estimate of drug-likeness (QED) is 0.799. The largest absolute Gasteiger partial charge is 0.326 e. The van der Waals surface area contributed by atoms with Gasteiger partial charge < -0.3 is 5.32 Å². The molecule has 100 valence electrons. The van der Waals surface area contributed by atoms with Gasteiger partial charge in [-0.05, 0) is 29.2 Å². The number of benzene rings is 1. The minimum Gasteiger partial charge on any atom is -0.326 e. The van der Waals surface area contributed by atoms with Gasteiger partial charge in [-0.3, -0.25) is 4.79 Å². The van der Waals surface area contributed by atoms with Crippen LogP contribution >= 0.6 is 0 Å². The van der Waals surface area contributed by atoms with Gasteiger partial charge in [0.25, 0.3) is 0 Å². The second-order valence-electron chi connectivity index (χ2n) is 6.65. The van der Waals surface area contributed by atoms with Gasteiger partial charge in [-0.25, -0.2) is 4.39 Å². The summed E-state index contributed by atoms with van der Waals surface area (Å²) in [4.78, 5) is 11.9. The molecule has 1 aromatic carbocycles. The summed E-state index contributed by atoms with van der Waals surface area (Å²) in [6.45, 7) is 11.4. The average molecular weight is 251 g/mol. The highest BCUT2D eigenvalue weighted by molar-refractivity contribution is 5.94. The van der Waals surface area contributed by atoms with Crippen LogP contribution < -0.4 is 5.32 Å². The van der Waals surface area contributed by atoms with Crippen LogP contribution in [-0.2, 0) is 10.2 Å². The van der Waals surface area contributed by atoms with Crippen LogP contribution in [0.4, 0.5) is 10.1 Å². The Morgan fingerprint density at radius 2 is 1.67 bits per heavy atom. The lowest BCUT2D eigenvalue weighted by atomic mass is 9.86. The average Bonchev–Trinajstić information content (AvgIpc) is 2.17. The Morgan fingerprint density at radius 1 is 1.11 bits per heavy atom. The van der Waals surface area contributed by atoms with Gasteiger partial charge in [0.05, 0.1) is 0 Å². The van der Waals surface area contributed by atoms with Crippen molar-refractivity contribution in [1.29, 1.82) is 0 Å². The summed E-state index contributed by atoms with van der Waals surface area (Å²) in [5.74, 6) is -0.315. The summed E-state index contributed by atoms with van der Waals surface area (Å²) in [5.41, 5.74) is 0.499. The Labute approximate surface area is 109 Å². The zero-order valence-corrected chi connectivity index (χ0v) is 12.0. The number of hydrogen-bond donors (Lipinski definition) is 1. The second kappa shape index (κ2) is 4.71. The number of nitrogens with one attached hydrogen (secondary N) is 1. The van der Waals surface area contributed by atoms with Gasteiger partial charge in [0.1, 0.15) is 5.82 Å². The number of rotatable bonds is 1. The predicted molar refractivity (Wildman–Crippen MR) is 73.2 cm³/mol. The van der Waals surface area contributed by atoms with Crippen LogP contribution in [0.3, 0.4) is 0 Å². The van der Waals surface area contributed by atoms with Crippen molar-refractivity contribution in [2.75, 3.05) is 5.32 Å². The molecule has 0 bridgehead atoms. The number of amides is 1. The summed E-state index contributed by atoms with van der Waals surface area (Å²) < 4.78 is 13.7. The highest BCUT2D eigenvalue weighted by Crippen LogP contribution is 2.28. The van der Waals surface area contributed by atoms with E-state index in [-0.39, 0.29) is 17.1 Å². The zero-order chi connectivity index (χ0) is 14.1. The number of hydrogen-bond acceptors (Lipinski definition) is 1. The van der Waals surface area contributed by atoms with Gasteiger partial charge in [0.2, 0.25) is 5.91 Å². The van der Waals surface area contributed by atoms with Crippen molar-refractivity contribution in [3.05, 3.63) is 29.6 Å². The summed E-state index contributed by atoms with van der Waals surface area (Å²) in [5, 5.41) is 2.82. The number of anilines is 1. The van der Waals surface area contributed by atoms with Crippen LogP contribution in [0.25, 0.3) is 0 Å². The van der Waals surface area contributed by atoms with E-state index in [9.17, 15) is 9.18 Å². The van der Waals surface area contributed by atoms with E-state index in [1.165, 1.54) is 6.07 Å². The normalized spacial score (nSPS) is 12.4. The molecule has 1 aromatic rings. The van der Waals surface area contributed by atoms with E-state index >= 15 is 0 Å². The van der Waals surface area contributed by atoms with E-state index < -0.39 is 5.41 Å². The van der Waals surface area contributed by atoms with Gasteiger partial charge in [0.15, 0.2) is 0 Å². The molecule has 0 fully saturated rings. The molecule has 0 saturated heterocycles.